The van der Waals surface area contributed by atoms with Gasteiger partial charge >= 0.3 is 0 Å². The zero-order valence-corrected chi connectivity index (χ0v) is 15.7. The van der Waals surface area contributed by atoms with Crippen molar-refractivity contribution in [2.45, 2.75) is 13.5 Å². The Morgan fingerprint density at radius 1 is 1.23 bits per heavy atom. The van der Waals surface area contributed by atoms with E-state index in [9.17, 15) is 14.0 Å². The van der Waals surface area contributed by atoms with E-state index in [2.05, 4.69) is 25.5 Å². The number of hydrogen-bond acceptors (Lipinski definition) is 7. The third-order valence-electron chi connectivity index (χ3n) is 4.19. The quantitative estimate of drug-likeness (QED) is 0.541. The molecule has 4 rings (SSSR count). The number of carbonyl (C=O) groups excluding carboxylic acids is 1. The van der Waals surface area contributed by atoms with Crippen LogP contribution in [0.1, 0.15) is 5.56 Å². The van der Waals surface area contributed by atoms with Gasteiger partial charge in [-0.25, -0.2) is 9.07 Å². The molecule has 0 aliphatic carbocycles. The highest BCUT2D eigenvalue weighted by molar-refractivity contribution is 5.91. The Kier molecular flexibility index (Phi) is 5.12. The third kappa shape index (κ3) is 4.12. The van der Waals surface area contributed by atoms with Crippen LogP contribution in [-0.2, 0) is 11.3 Å². The standard InChI is InChI=1S/C20H15FN6O3/c1-12-9-14(21)4-5-15(12)23-17(28)11-27-18(29)7-6-16(25-27)20-24-19(26-30-20)13-3-2-8-22-10-13/h2-10H,11H2,1H3,(H,23,28). The van der Waals surface area contributed by atoms with Crippen LogP contribution in [0.5, 0.6) is 0 Å². The summed E-state index contributed by atoms with van der Waals surface area (Å²) in [6.45, 7) is 1.33. The van der Waals surface area contributed by atoms with Crippen LogP contribution in [0.3, 0.4) is 0 Å². The number of carbonyl (C=O) groups is 1. The van der Waals surface area contributed by atoms with Gasteiger partial charge in [-0.15, -0.1) is 0 Å². The summed E-state index contributed by atoms with van der Waals surface area (Å²) in [7, 11) is 0. The molecule has 0 aliphatic rings. The van der Waals surface area contributed by atoms with Gasteiger partial charge in [-0.2, -0.15) is 10.1 Å². The Balaban J connectivity index is 1.54. The van der Waals surface area contributed by atoms with Gasteiger partial charge in [0, 0.05) is 29.7 Å². The fraction of sp³-hybridized carbons (Fsp3) is 0.100. The highest BCUT2D eigenvalue weighted by Gasteiger charge is 2.15. The first-order valence-corrected chi connectivity index (χ1v) is 8.88. The van der Waals surface area contributed by atoms with E-state index < -0.39 is 17.3 Å². The molecule has 150 valence electrons. The average molecular weight is 406 g/mol. The van der Waals surface area contributed by atoms with Gasteiger partial charge in [-0.3, -0.25) is 14.6 Å². The maximum absolute atomic E-state index is 13.2. The number of halogens is 1. The maximum Gasteiger partial charge on any atom is 0.278 e. The van der Waals surface area contributed by atoms with E-state index in [1.165, 1.54) is 30.3 Å². The molecule has 1 amide bonds. The number of nitrogens with zero attached hydrogens (tertiary/aromatic N) is 5. The van der Waals surface area contributed by atoms with Crippen molar-refractivity contribution in [3.05, 3.63) is 76.6 Å². The van der Waals surface area contributed by atoms with Gasteiger partial charge in [0.1, 0.15) is 18.1 Å². The summed E-state index contributed by atoms with van der Waals surface area (Å²) < 4.78 is 19.4. The predicted molar refractivity (Wildman–Crippen MR) is 105 cm³/mol. The largest absolute Gasteiger partial charge is 0.332 e. The summed E-state index contributed by atoms with van der Waals surface area (Å²) in [6.07, 6.45) is 3.21. The van der Waals surface area contributed by atoms with Crippen molar-refractivity contribution in [3.63, 3.8) is 0 Å². The molecule has 0 atom stereocenters. The second kappa shape index (κ2) is 8.03. The molecule has 1 aromatic carbocycles. The van der Waals surface area contributed by atoms with Gasteiger partial charge < -0.3 is 9.84 Å². The normalized spacial score (nSPS) is 10.7. The average Bonchev–Trinajstić information content (AvgIpc) is 3.23. The number of aromatic nitrogens is 5. The van der Waals surface area contributed by atoms with E-state index in [1.54, 1.807) is 31.5 Å². The minimum atomic E-state index is -0.488. The number of anilines is 1. The topological polar surface area (TPSA) is 116 Å². The number of nitrogens with one attached hydrogen (secondary N) is 1. The van der Waals surface area contributed by atoms with Crippen molar-refractivity contribution < 1.29 is 13.7 Å². The Labute approximate surface area is 169 Å². The van der Waals surface area contributed by atoms with Crippen LogP contribution in [0.15, 0.2) is 64.2 Å². The molecule has 0 unspecified atom stereocenters. The number of benzene rings is 1. The zero-order chi connectivity index (χ0) is 21.1. The molecule has 10 heteroatoms. The van der Waals surface area contributed by atoms with E-state index in [-0.39, 0.29) is 18.1 Å². The molecular weight excluding hydrogens is 391 g/mol. The second-order valence-electron chi connectivity index (χ2n) is 6.39. The zero-order valence-electron chi connectivity index (χ0n) is 15.7. The minimum Gasteiger partial charge on any atom is -0.332 e. The van der Waals surface area contributed by atoms with E-state index in [0.29, 0.717) is 22.6 Å². The lowest BCUT2D eigenvalue weighted by molar-refractivity contribution is -0.117. The molecule has 9 nitrogen and oxygen atoms in total. The summed E-state index contributed by atoms with van der Waals surface area (Å²) >= 11 is 0. The maximum atomic E-state index is 13.2. The van der Waals surface area contributed by atoms with Crippen LogP contribution >= 0.6 is 0 Å². The second-order valence-corrected chi connectivity index (χ2v) is 6.39. The number of aryl methyl sites for hydroxylation is 1. The van der Waals surface area contributed by atoms with E-state index in [1.807, 2.05) is 0 Å². The molecule has 1 N–H and O–H groups in total. The van der Waals surface area contributed by atoms with E-state index in [4.69, 9.17) is 4.52 Å². The van der Waals surface area contributed by atoms with Crippen LogP contribution in [0.4, 0.5) is 10.1 Å². The molecule has 3 aromatic heterocycles. The molecule has 0 saturated carbocycles. The van der Waals surface area contributed by atoms with Crippen molar-refractivity contribution in [2.24, 2.45) is 0 Å². The van der Waals surface area contributed by atoms with Crippen LogP contribution in [-0.4, -0.2) is 30.8 Å². The van der Waals surface area contributed by atoms with Gasteiger partial charge in [0.2, 0.25) is 11.7 Å². The van der Waals surface area contributed by atoms with Gasteiger partial charge in [-0.05, 0) is 48.9 Å². The first-order valence-electron chi connectivity index (χ1n) is 8.88. The van der Waals surface area contributed by atoms with Crippen LogP contribution in [0.25, 0.3) is 23.0 Å². The van der Waals surface area contributed by atoms with Crippen LogP contribution < -0.4 is 10.9 Å². The van der Waals surface area contributed by atoms with Crippen molar-refractivity contribution >= 4 is 11.6 Å². The molecule has 0 radical (unpaired) electrons. The minimum absolute atomic E-state index is 0.0948. The first kappa shape index (κ1) is 19.1. The number of hydrogen-bond donors (Lipinski definition) is 1. The molecule has 0 spiro atoms. The van der Waals surface area contributed by atoms with Gasteiger partial charge in [0.15, 0.2) is 0 Å². The van der Waals surface area contributed by atoms with Crippen LogP contribution in [0.2, 0.25) is 0 Å². The molecule has 0 saturated heterocycles. The Hall–Kier alpha value is -4.21. The fourth-order valence-corrected chi connectivity index (χ4v) is 2.71. The van der Waals surface area contributed by atoms with Crippen molar-refractivity contribution in [3.8, 4) is 23.0 Å². The molecule has 0 aliphatic heterocycles. The molecule has 0 bridgehead atoms. The molecule has 4 aromatic rings. The van der Waals surface area contributed by atoms with Crippen molar-refractivity contribution in [1.29, 1.82) is 0 Å². The highest BCUT2D eigenvalue weighted by atomic mass is 19.1. The highest BCUT2D eigenvalue weighted by Crippen LogP contribution is 2.19. The summed E-state index contributed by atoms with van der Waals surface area (Å²) in [5.74, 6) is -0.473. The molecule has 0 fully saturated rings. The van der Waals surface area contributed by atoms with Gasteiger partial charge in [0.25, 0.3) is 11.4 Å². The lowest BCUT2D eigenvalue weighted by Gasteiger charge is -2.09. The smallest absolute Gasteiger partial charge is 0.278 e. The SMILES string of the molecule is Cc1cc(F)ccc1NC(=O)Cn1nc(-c2nc(-c3cccnc3)no2)ccc1=O. The van der Waals surface area contributed by atoms with E-state index >= 15 is 0 Å². The lowest BCUT2D eigenvalue weighted by atomic mass is 10.2. The summed E-state index contributed by atoms with van der Waals surface area (Å²) in [5.41, 5.74) is 1.43. The number of rotatable bonds is 5. The lowest BCUT2D eigenvalue weighted by Crippen LogP contribution is -2.29. The van der Waals surface area contributed by atoms with Gasteiger partial charge in [-0.1, -0.05) is 5.16 Å². The van der Waals surface area contributed by atoms with Crippen LogP contribution in [0, 0.1) is 12.7 Å². The molecule has 30 heavy (non-hydrogen) atoms. The monoisotopic (exact) mass is 406 g/mol. The molecular formula is C20H15FN6O3. The van der Waals surface area contributed by atoms with Gasteiger partial charge in [0.05, 0.1) is 0 Å². The number of pyridine rings is 1. The predicted octanol–water partition coefficient (Wildman–Crippen LogP) is 2.44. The third-order valence-corrected chi connectivity index (χ3v) is 4.19. The summed E-state index contributed by atoms with van der Waals surface area (Å²) in [5, 5.41) is 10.7. The fourth-order valence-electron chi connectivity index (χ4n) is 2.71. The summed E-state index contributed by atoms with van der Waals surface area (Å²) in [4.78, 5) is 32.7. The Bertz CT molecular complexity index is 1270. The molecule has 3 heterocycles. The Morgan fingerprint density at radius 2 is 2.10 bits per heavy atom. The van der Waals surface area contributed by atoms with Crippen molar-refractivity contribution in [2.75, 3.05) is 5.32 Å². The first-order chi connectivity index (χ1) is 14.5. The van der Waals surface area contributed by atoms with E-state index in [0.717, 1.165) is 4.68 Å². The van der Waals surface area contributed by atoms with Crippen molar-refractivity contribution in [1.82, 2.24) is 24.9 Å². The summed E-state index contributed by atoms with van der Waals surface area (Å²) in [6, 6.07) is 10.2. The number of amides is 1. The Morgan fingerprint density at radius 3 is 2.87 bits per heavy atom.